The van der Waals surface area contributed by atoms with E-state index in [-0.39, 0.29) is 25.4 Å². The third-order valence-electron chi connectivity index (χ3n) is 4.56. The number of pyridine rings is 1. The van der Waals surface area contributed by atoms with Crippen molar-refractivity contribution in [2.45, 2.75) is 12.5 Å². The molecule has 1 N–H and O–H groups in total. The summed E-state index contributed by atoms with van der Waals surface area (Å²) in [6.45, 7) is 0.188. The summed E-state index contributed by atoms with van der Waals surface area (Å²) in [5.41, 5.74) is 1.23. The molecular formula is C20H20Cl3N3O5. The Morgan fingerprint density at radius 2 is 1.94 bits per heavy atom. The number of halogens is 3. The summed E-state index contributed by atoms with van der Waals surface area (Å²) in [7, 11) is 2.91. The summed E-state index contributed by atoms with van der Waals surface area (Å²) in [5.74, 6) is -0.826. The first-order valence-electron chi connectivity index (χ1n) is 8.87. The van der Waals surface area contributed by atoms with Gasteiger partial charge >= 0.3 is 5.97 Å². The molecule has 2 heterocycles. The van der Waals surface area contributed by atoms with E-state index in [9.17, 15) is 14.7 Å². The van der Waals surface area contributed by atoms with Crippen molar-refractivity contribution in [2.24, 2.45) is 0 Å². The molecule has 0 aliphatic rings. The largest absolute Gasteiger partial charge is 0.495 e. The first-order valence-corrected chi connectivity index (χ1v) is 9.63. The molecule has 1 unspecified atom stereocenters. The van der Waals surface area contributed by atoms with Crippen LogP contribution in [0.2, 0.25) is 10.2 Å². The molecule has 0 aliphatic heterocycles. The minimum Gasteiger partial charge on any atom is -0.495 e. The lowest BCUT2D eigenvalue weighted by Crippen LogP contribution is -2.30. The lowest BCUT2D eigenvalue weighted by atomic mass is 10.0. The van der Waals surface area contributed by atoms with Crippen LogP contribution in [0.3, 0.4) is 0 Å². The maximum atomic E-state index is 12.9. The molecule has 0 aliphatic carbocycles. The SMILES string of the molecule is COCCC(C(=O)O)n1cc(OC)c(-c2cc(Cl)ccc2-n2cnc(Cl)c2)cc1=O.Cl. The predicted octanol–water partition coefficient (Wildman–Crippen LogP) is 4.10. The normalized spacial score (nSPS) is 11.6. The van der Waals surface area contributed by atoms with Gasteiger partial charge in [0.15, 0.2) is 0 Å². The van der Waals surface area contributed by atoms with E-state index in [4.69, 9.17) is 32.7 Å². The molecule has 3 rings (SSSR count). The lowest BCUT2D eigenvalue weighted by Gasteiger charge is -2.19. The highest BCUT2D eigenvalue weighted by molar-refractivity contribution is 6.31. The molecule has 31 heavy (non-hydrogen) atoms. The van der Waals surface area contributed by atoms with Gasteiger partial charge in [0, 0.05) is 48.6 Å². The lowest BCUT2D eigenvalue weighted by molar-refractivity contribution is -0.141. The number of ether oxygens (including phenoxy) is 2. The molecule has 166 valence electrons. The van der Waals surface area contributed by atoms with Crippen molar-refractivity contribution in [3.63, 3.8) is 0 Å². The van der Waals surface area contributed by atoms with Gasteiger partial charge in [-0.15, -0.1) is 12.4 Å². The van der Waals surface area contributed by atoms with Gasteiger partial charge in [0.2, 0.25) is 0 Å². The second-order valence-corrected chi connectivity index (χ2v) is 7.23. The fraction of sp³-hybridized carbons (Fsp3) is 0.250. The van der Waals surface area contributed by atoms with Crippen LogP contribution >= 0.6 is 35.6 Å². The molecule has 0 saturated carbocycles. The molecule has 0 saturated heterocycles. The van der Waals surface area contributed by atoms with E-state index in [1.807, 2.05) is 0 Å². The van der Waals surface area contributed by atoms with E-state index in [0.717, 1.165) is 4.57 Å². The summed E-state index contributed by atoms with van der Waals surface area (Å²) in [5, 5.41) is 10.3. The van der Waals surface area contributed by atoms with Gasteiger partial charge in [-0.1, -0.05) is 23.2 Å². The summed E-state index contributed by atoms with van der Waals surface area (Å²) in [6.07, 6.45) is 4.67. The average Bonchev–Trinajstić information content (AvgIpc) is 3.14. The molecule has 1 aromatic carbocycles. The van der Waals surface area contributed by atoms with Crippen LogP contribution in [-0.2, 0) is 9.53 Å². The summed E-state index contributed by atoms with van der Waals surface area (Å²) in [4.78, 5) is 28.6. The fourth-order valence-electron chi connectivity index (χ4n) is 3.14. The first-order chi connectivity index (χ1) is 14.3. The van der Waals surface area contributed by atoms with Gasteiger partial charge in [-0.25, -0.2) is 9.78 Å². The number of hydrogen-bond donors (Lipinski definition) is 1. The highest BCUT2D eigenvalue weighted by atomic mass is 35.5. The third-order valence-corrected chi connectivity index (χ3v) is 4.99. The van der Waals surface area contributed by atoms with Gasteiger partial charge in [-0.05, 0) is 18.2 Å². The van der Waals surface area contributed by atoms with E-state index >= 15 is 0 Å². The van der Waals surface area contributed by atoms with Crippen LogP contribution in [0.4, 0.5) is 0 Å². The molecule has 0 radical (unpaired) electrons. The number of imidazole rings is 1. The molecular weight excluding hydrogens is 469 g/mol. The maximum absolute atomic E-state index is 12.9. The van der Waals surface area contributed by atoms with E-state index in [1.54, 1.807) is 29.0 Å². The van der Waals surface area contributed by atoms with Crippen LogP contribution < -0.4 is 10.3 Å². The number of aromatic nitrogens is 3. The minimum absolute atomic E-state index is 0. The zero-order chi connectivity index (χ0) is 21.8. The van der Waals surface area contributed by atoms with E-state index < -0.39 is 17.6 Å². The maximum Gasteiger partial charge on any atom is 0.326 e. The molecule has 1 atom stereocenters. The number of carboxylic acid groups (broad SMARTS) is 1. The van der Waals surface area contributed by atoms with Crippen molar-refractivity contribution in [3.05, 3.63) is 63.5 Å². The molecule has 8 nitrogen and oxygen atoms in total. The van der Waals surface area contributed by atoms with Crippen molar-refractivity contribution >= 4 is 41.6 Å². The topological polar surface area (TPSA) is 95.6 Å². The Bertz CT molecular complexity index is 1130. The molecule has 11 heteroatoms. The van der Waals surface area contributed by atoms with Crippen LogP contribution in [0.25, 0.3) is 16.8 Å². The summed E-state index contributed by atoms with van der Waals surface area (Å²) < 4.78 is 13.3. The Balaban J connectivity index is 0.00000341. The predicted molar refractivity (Wildman–Crippen MR) is 120 cm³/mol. The number of carboxylic acids is 1. The summed E-state index contributed by atoms with van der Waals surface area (Å²) in [6, 6.07) is 5.39. The van der Waals surface area contributed by atoms with Crippen LogP contribution in [0.5, 0.6) is 5.75 Å². The van der Waals surface area contributed by atoms with E-state index in [2.05, 4.69) is 4.98 Å². The van der Waals surface area contributed by atoms with Crippen molar-refractivity contribution in [2.75, 3.05) is 20.8 Å². The number of aliphatic carboxylic acids is 1. The number of methoxy groups -OCH3 is 2. The van der Waals surface area contributed by atoms with Gasteiger partial charge in [-0.2, -0.15) is 0 Å². The monoisotopic (exact) mass is 487 g/mol. The van der Waals surface area contributed by atoms with Crippen molar-refractivity contribution in [1.29, 1.82) is 0 Å². The number of carbonyl (C=O) groups is 1. The number of hydrogen-bond acceptors (Lipinski definition) is 5. The molecule has 0 amide bonds. The average molecular weight is 489 g/mol. The smallest absolute Gasteiger partial charge is 0.326 e. The minimum atomic E-state index is -1.14. The van der Waals surface area contributed by atoms with Crippen molar-refractivity contribution in [1.82, 2.24) is 14.1 Å². The number of benzene rings is 1. The second kappa shape index (κ2) is 10.7. The fourth-order valence-corrected chi connectivity index (χ4v) is 3.46. The molecule has 0 fully saturated rings. The zero-order valence-corrected chi connectivity index (χ0v) is 18.9. The number of rotatable bonds is 8. The quantitative estimate of drug-likeness (QED) is 0.513. The molecule has 0 bridgehead atoms. The standard InChI is InChI=1S/C20H19Cl2N3O5.ClH/c1-29-6-5-16(20(27)28)25-9-17(30-2)14(8-19(25)26)13-7-12(21)3-4-15(13)24-10-18(22)23-11-24;/h3-4,7-11,16H,5-6H2,1-2H3,(H,27,28);1H. The molecule has 2 aromatic heterocycles. The van der Waals surface area contributed by atoms with Crippen LogP contribution in [0.1, 0.15) is 12.5 Å². The van der Waals surface area contributed by atoms with Crippen LogP contribution in [0.15, 0.2) is 47.8 Å². The third kappa shape index (κ3) is 5.40. The summed E-state index contributed by atoms with van der Waals surface area (Å²) >= 11 is 12.2. The highest BCUT2D eigenvalue weighted by Gasteiger charge is 2.23. The van der Waals surface area contributed by atoms with E-state index in [0.29, 0.717) is 32.7 Å². The molecule has 3 aromatic rings. The Morgan fingerprint density at radius 1 is 1.19 bits per heavy atom. The van der Waals surface area contributed by atoms with E-state index in [1.165, 1.54) is 32.8 Å². The number of nitrogens with zero attached hydrogens (tertiary/aromatic N) is 3. The Kier molecular flexibility index (Phi) is 8.52. The van der Waals surface area contributed by atoms with Gasteiger partial charge in [-0.3, -0.25) is 9.36 Å². The van der Waals surface area contributed by atoms with Crippen LogP contribution in [-0.4, -0.2) is 46.0 Å². The highest BCUT2D eigenvalue weighted by Crippen LogP contribution is 2.35. The van der Waals surface area contributed by atoms with Gasteiger partial charge < -0.3 is 19.1 Å². The van der Waals surface area contributed by atoms with Gasteiger partial charge in [0.25, 0.3) is 5.56 Å². The Labute approximate surface area is 194 Å². The Hall–Kier alpha value is -2.52. The van der Waals surface area contributed by atoms with Gasteiger partial charge in [0.1, 0.15) is 23.3 Å². The second-order valence-electron chi connectivity index (χ2n) is 6.40. The Morgan fingerprint density at radius 3 is 2.52 bits per heavy atom. The van der Waals surface area contributed by atoms with Crippen LogP contribution in [0, 0.1) is 0 Å². The first kappa shape index (κ1) is 24.7. The van der Waals surface area contributed by atoms with Crippen molar-refractivity contribution < 1.29 is 19.4 Å². The van der Waals surface area contributed by atoms with Gasteiger partial charge in [0.05, 0.1) is 19.0 Å². The zero-order valence-electron chi connectivity index (χ0n) is 16.6. The van der Waals surface area contributed by atoms with Crippen molar-refractivity contribution in [3.8, 4) is 22.6 Å². The molecule has 0 spiro atoms.